The SMILES string of the molecule is COc1ccc(-c2c3ccccc3c(-c3ccc(OC)cc3)c3c(C)cccc23)cc1.Cc1ccc(-c2c3ccccc3c(-c3ccc(C)cc3)c3c(C)cccc23)cc1.Cc1cccc2c(-c3ccccc3)c3ccccc3c(-c3ccccc3)c12. The minimum Gasteiger partial charge on any atom is -0.497 e. The van der Waals surface area contributed by atoms with Crippen LogP contribution in [-0.2, 0) is 0 Å². The lowest BCUT2D eigenvalue weighted by molar-refractivity contribution is 0.415. The van der Waals surface area contributed by atoms with Crippen LogP contribution in [0.3, 0.4) is 0 Å². The van der Waals surface area contributed by atoms with Crippen molar-refractivity contribution in [2.75, 3.05) is 14.2 Å². The molecule has 0 unspecified atom stereocenters. The highest BCUT2D eigenvalue weighted by Gasteiger charge is 2.21. The van der Waals surface area contributed by atoms with Crippen molar-refractivity contribution in [3.63, 3.8) is 0 Å². The van der Waals surface area contributed by atoms with Crippen molar-refractivity contribution in [3.05, 3.63) is 313 Å². The zero-order valence-corrected chi connectivity index (χ0v) is 50.5. The standard InChI is InChI=1S/C29H24O2.C29H24.C27H20/c1-19-7-6-10-26-27(19)29(21-13-17-23(31-3)18-14-21)25-9-5-4-8-24(25)28(26)20-11-15-22(30-2)16-12-20;1-19-11-15-22(16-12-19)28-24-8-4-5-9-25(24)29(23-17-13-20(2)14-18-23)27-21(3)7-6-10-26(27)28;1-19-11-10-18-24-25(19)27(21-14-6-3-7-15-21)23-17-9-8-16-22(23)26(24)20-12-4-2-5-13-20/h4-18H,1-3H3;4-18H,1-3H3;2-18H,1H3. The quantitative estimate of drug-likeness (QED) is 0.141. The molecule has 0 spiro atoms. The van der Waals surface area contributed by atoms with Gasteiger partial charge in [-0.05, 0) is 207 Å². The first-order valence-corrected chi connectivity index (χ1v) is 30.0. The molecule has 0 amide bonds. The average molecular weight is 1120 g/mol. The Balaban J connectivity index is 0.000000121. The van der Waals surface area contributed by atoms with Crippen molar-refractivity contribution in [1.82, 2.24) is 0 Å². The first-order valence-electron chi connectivity index (χ1n) is 30.0. The van der Waals surface area contributed by atoms with Crippen molar-refractivity contribution in [1.29, 1.82) is 0 Å². The molecule has 0 fully saturated rings. The third-order valence-corrected chi connectivity index (χ3v) is 17.3. The van der Waals surface area contributed by atoms with Crippen molar-refractivity contribution < 1.29 is 9.47 Å². The molecule has 0 N–H and O–H groups in total. The molecule has 15 rings (SSSR count). The van der Waals surface area contributed by atoms with Gasteiger partial charge in [-0.15, -0.1) is 0 Å². The van der Waals surface area contributed by atoms with E-state index in [9.17, 15) is 0 Å². The van der Waals surface area contributed by atoms with Gasteiger partial charge in [0.25, 0.3) is 0 Å². The lowest BCUT2D eigenvalue weighted by Gasteiger charge is -2.19. The molecule has 2 heteroatoms. The van der Waals surface area contributed by atoms with E-state index in [1.165, 1.54) is 159 Å². The van der Waals surface area contributed by atoms with Crippen LogP contribution >= 0.6 is 0 Å². The highest BCUT2D eigenvalue weighted by atomic mass is 16.5. The number of rotatable bonds is 8. The van der Waals surface area contributed by atoms with Crippen LogP contribution in [0.5, 0.6) is 11.5 Å². The normalized spacial score (nSPS) is 11.2. The average Bonchev–Trinajstić information content (AvgIpc) is 0.900. The van der Waals surface area contributed by atoms with Crippen LogP contribution in [-0.4, -0.2) is 14.2 Å². The maximum Gasteiger partial charge on any atom is 0.118 e. The van der Waals surface area contributed by atoms with Gasteiger partial charge in [0, 0.05) is 0 Å². The number of hydrogen-bond donors (Lipinski definition) is 0. The van der Waals surface area contributed by atoms with Crippen molar-refractivity contribution in [3.8, 4) is 78.3 Å². The van der Waals surface area contributed by atoms with Gasteiger partial charge < -0.3 is 9.47 Å². The van der Waals surface area contributed by atoms with E-state index in [2.05, 4.69) is 295 Å². The summed E-state index contributed by atoms with van der Waals surface area (Å²) in [6.45, 7) is 10.9. The molecule has 15 aromatic rings. The molecule has 2 nitrogen and oxygen atoms in total. The van der Waals surface area contributed by atoms with Gasteiger partial charge in [0.2, 0.25) is 0 Å². The van der Waals surface area contributed by atoms with E-state index >= 15 is 0 Å². The molecule has 0 saturated carbocycles. The monoisotopic (exact) mass is 1120 g/mol. The minimum atomic E-state index is 0.864. The first kappa shape index (κ1) is 55.6. The fourth-order valence-corrected chi connectivity index (χ4v) is 13.2. The van der Waals surface area contributed by atoms with Crippen molar-refractivity contribution in [2.45, 2.75) is 34.6 Å². The molecule has 0 bridgehead atoms. The summed E-state index contributed by atoms with van der Waals surface area (Å²) >= 11 is 0. The molecule has 0 saturated heterocycles. The number of hydrogen-bond acceptors (Lipinski definition) is 2. The number of ether oxygens (including phenoxy) is 2. The van der Waals surface area contributed by atoms with E-state index in [1.807, 2.05) is 24.3 Å². The molecule has 0 aliphatic carbocycles. The van der Waals surface area contributed by atoms with Crippen LogP contribution in [0.25, 0.3) is 131 Å². The molecule has 0 aromatic heterocycles. The fraction of sp³-hybridized carbons (Fsp3) is 0.0824. The minimum absolute atomic E-state index is 0.864. The zero-order chi connectivity index (χ0) is 59.5. The van der Waals surface area contributed by atoms with Crippen LogP contribution in [0, 0.1) is 34.6 Å². The van der Waals surface area contributed by atoms with Gasteiger partial charge in [0.05, 0.1) is 14.2 Å². The smallest absolute Gasteiger partial charge is 0.118 e. The summed E-state index contributed by atoms with van der Waals surface area (Å²) in [5.41, 5.74) is 21.8. The van der Waals surface area contributed by atoms with Crippen LogP contribution in [0.4, 0.5) is 0 Å². The Labute approximate surface area is 511 Å². The maximum absolute atomic E-state index is 5.39. The third-order valence-electron chi connectivity index (χ3n) is 17.3. The molecule has 87 heavy (non-hydrogen) atoms. The summed E-state index contributed by atoms with van der Waals surface area (Å²) in [7, 11) is 3.40. The predicted molar refractivity (Wildman–Crippen MR) is 374 cm³/mol. The van der Waals surface area contributed by atoms with Crippen LogP contribution in [0.1, 0.15) is 27.8 Å². The van der Waals surface area contributed by atoms with Gasteiger partial charge in [-0.25, -0.2) is 0 Å². The summed E-state index contributed by atoms with van der Waals surface area (Å²) in [6, 6.07) is 102. The highest BCUT2D eigenvalue weighted by Crippen LogP contribution is 2.48. The third kappa shape index (κ3) is 10.6. The lowest BCUT2D eigenvalue weighted by Crippen LogP contribution is -1.93. The topological polar surface area (TPSA) is 18.5 Å². The number of fused-ring (bicyclic) bond motifs is 6. The second-order valence-electron chi connectivity index (χ2n) is 22.8. The second kappa shape index (κ2) is 24.2. The van der Waals surface area contributed by atoms with E-state index in [1.54, 1.807) is 14.2 Å². The molecular formula is C85H68O2. The Bertz CT molecular complexity index is 4990. The van der Waals surface area contributed by atoms with Crippen LogP contribution in [0.2, 0.25) is 0 Å². The van der Waals surface area contributed by atoms with Gasteiger partial charge in [-0.1, -0.05) is 272 Å². The summed E-state index contributed by atoms with van der Waals surface area (Å²) in [6.07, 6.45) is 0. The molecule has 0 atom stereocenters. The van der Waals surface area contributed by atoms with Crippen LogP contribution < -0.4 is 9.47 Å². The predicted octanol–water partition coefficient (Wildman–Crippen LogP) is 23.5. The van der Waals surface area contributed by atoms with E-state index in [0.29, 0.717) is 0 Å². The summed E-state index contributed by atoms with van der Waals surface area (Å²) in [5, 5.41) is 15.6. The highest BCUT2D eigenvalue weighted by molar-refractivity contribution is 6.25. The van der Waals surface area contributed by atoms with Crippen LogP contribution in [0.15, 0.2) is 285 Å². The zero-order valence-electron chi connectivity index (χ0n) is 50.5. The van der Waals surface area contributed by atoms with E-state index in [0.717, 1.165) is 11.5 Å². The summed E-state index contributed by atoms with van der Waals surface area (Å²) in [5.74, 6) is 1.73. The van der Waals surface area contributed by atoms with Gasteiger partial charge in [-0.2, -0.15) is 0 Å². The van der Waals surface area contributed by atoms with Crippen molar-refractivity contribution in [2.24, 2.45) is 0 Å². The van der Waals surface area contributed by atoms with E-state index in [-0.39, 0.29) is 0 Å². The Morgan fingerprint density at radius 1 is 0.184 bits per heavy atom. The fourth-order valence-electron chi connectivity index (χ4n) is 13.2. The maximum atomic E-state index is 5.39. The van der Waals surface area contributed by atoms with E-state index < -0.39 is 0 Å². The molecule has 0 aliphatic heterocycles. The largest absolute Gasteiger partial charge is 0.497 e. The molecular weight excluding hydrogens is 1050 g/mol. The van der Waals surface area contributed by atoms with Gasteiger partial charge in [0.15, 0.2) is 0 Å². The first-order chi connectivity index (χ1) is 42.7. The molecule has 15 aromatic carbocycles. The second-order valence-corrected chi connectivity index (χ2v) is 22.8. The molecule has 0 radical (unpaired) electrons. The Morgan fingerprint density at radius 3 is 0.690 bits per heavy atom. The Morgan fingerprint density at radius 2 is 0.402 bits per heavy atom. The molecule has 420 valence electrons. The Kier molecular flexibility index (Phi) is 15.5. The van der Waals surface area contributed by atoms with E-state index in [4.69, 9.17) is 9.47 Å². The summed E-state index contributed by atoms with van der Waals surface area (Å²) in [4.78, 5) is 0. The van der Waals surface area contributed by atoms with Gasteiger partial charge in [-0.3, -0.25) is 0 Å². The summed E-state index contributed by atoms with van der Waals surface area (Å²) < 4.78 is 10.8. The molecule has 0 heterocycles. The Hall–Kier alpha value is -10.5. The number of aryl methyl sites for hydroxylation is 5. The van der Waals surface area contributed by atoms with Gasteiger partial charge in [0.1, 0.15) is 11.5 Å². The lowest BCUT2D eigenvalue weighted by atomic mass is 9.84. The van der Waals surface area contributed by atoms with Crippen molar-refractivity contribution >= 4 is 64.6 Å². The number of methoxy groups -OCH3 is 2. The number of benzene rings is 15. The molecule has 0 aliphatic rings. The van der Waals surface area contributed by atoms with Gasteiger partial charge >= 0.3 is 0 Å².